The molecule has 0 spiro atoms. The maximum Gasteiger partial charge on any atom is 0.244 e. The number of ether oxygens (including phenoxy) is 1. The van der Waals surface area contributed by atoms with Crippen molar-refractivity contribution in [2.45, 2.75) is 6.42 Å². The number of hydrogen-bond acceptors (Lipinski definition) is 6. The molecule has 0 aliphatic carbocycles. The molecule has 1 atom stereocenters. The Morgan fingerprint density at radius 2 is 1.97 bits per heavy atom. The first-order chi connectivity index (χ1) is 16.7. The Morgan fingerprint density at radius 3 is 2.74 bits per heavy atom. The number of benzene rings is 2. The van der Waals surface area contributed by atoms with E-state index in [4.69, 9.17) is 10.5 Å². The highest BCUT2D eigenvalue weighted by atomic mass is 32.1. The van der Waals surface area contributed by atoms with Gasteiger partial charge in [0.1, 0.15) is 17.3 Å². The average Bonchev–Trinajstić information content (AvgIpc) is 3.54. The Balaban J connectivity index is 1.34. The number of carbonyl (C=O) groups excluding carboxylic acids is 1. The topological polar surface area (TPSA) is 89.3 Å². The lowest BCUT2D eigenvalue weighted by Gasteiger charge is -2.08. The second kappa shape index (κ2) is 10.1. The number of fused-ring (bicyclic) bond motifs is 1. The fourth-order valence-electron chi connectivity index (χ4n) is 4.10. The van der Waals surface area contributed by atoms with Gasteiger partial charge in [-0.25, -0.2) is 4.98 Å². The van der Waals surface area contributed by atoms with E-state index in [0.717, 1.165) is 57.8 Å². The van der Waals surface area contributed by atoms with E-state index in [1.54, 1.807) is 23.6 Å². The van der Waals surface area contributed by atoms with Gasteiger partial charge in [0, 0.05) is 40.0 Å². The first kappa shape index (κ1) is 22.1. The van der Waals surface area contributed by atoms with Crippen LogP contribution in [-0.4, -0.2) is 30.5 Å². The highest BCUT2D eigenvalue weighted by Gasteiger charge is 2.15. The third kappa shape index (κ3) is 4.95. The van der Waals surface area contributed by atoms with Crippen molar-refractivity contribution in [3.63, 3.8) is 0 Å². The molecule has 1 amide bonds. The Morgan fingerprint density at radius 1 is 1.18 bits per heavy atom. The van der Waals surface area contributed by atoms with Gasteiger partial charge >= 0.3 is 0 Å². The van der Waals surface area contributed by atoms with Crippen LogP contribution in [0.4, 0.5) is 5.82 Å². The van der Waals surface area contributed by atoms with Crippen molar-refractivity contribution in [3.8, 4) is 22.6 Å². The van der Waals surface area contributed by atoms with E-state index < -0.39 is 0 Å². The molecule has 1 aliphatic rings. The summed E-state index contributed by atoms with van der Waals surface area (Å²) in [6, 6.07) is 17.6. The molecule has 1 aliphatic heterocycles. The summed E-state index contributed by atoms with van der Waals surface area (Å²) < 4.78 is 6.91. The number of thiophene rings is 1. The van der Waals surface area contributed by atoms with Gasteiger partial charge in [0.05, 0.1) is 0 Å². The maximum absolute atomic E-state index is 12.3. The van der Waals surface area contributed by atoms with E-state index >= 15 is 0 Å². The molecule has 2 aromatic carbocycles. The molecule has 6 nitrogen and oxygen atoms in total. The molecule has 2 aromatic heterocycles. The van der Waals surface area contributed by atoms with Gasteiger partial charge in [-0.1, -0.05) is 30.3 Å². The number of aromatic nitrogens is 1. The van der Waals surface area contributed by atoms with Crippen molar-refractivity contribution in [3.05, 3.63) is 77.8 Å². The zero-order chi connectivity index (χ0) is 23.3. The Labute approximate surface area is 202 Å². The molecule has 34 heavy (non-hydrogen) atoms. The molecular weight excluding hydrogens is 444 g/mol. The van der Waals surface area contributed by atoms with E-state index in [-0.39, 0.29) is 5.91 Å². The molecular formula is C27H26N4O2S. The highest BCUT2D eigenvalue weighted by molar-refractivity contribution is 7.18. The van der Waals surface area contributed by atoms with Crippen LogP contribution in [0.1, 0.15) is 12.0 Å². The summed E-state index contributed by atoms with van der Waals surface area (Å²) >= 11 is 1.60. The molecule has 1 fully saturated rings. The molecule has 1 saturated heterocycles. The molecule has 4 N–H and O–H groups in total. The van der Waals surface area contributed by atoms with E-state index in [0.29, 0.717) is 18.3 Å². The molecule has 5 rings (SSSR count). The van der Waals surface area contributed by atoms with Gasteiger partial charge < -0.3 is 21.1 Å². The van der Waals surface area contributed by atoms with Gasteiger partial charge in [0.25, 0.3) is 0 Å². The molecule has 0 bridgehead atoms. The number of nitrogen functional groups attached to an aromatic ring is 1. The predicted octanol–water partition coefficient (Wildman–Crippen LogP) is 5.08. The first-order valence-electron chi connectivity index (χ1n) is 11.3. The molecule has 0 saturated carbocycles. The van der Waals surface area contributed by atoms with Crippen LogP contribution >= 0.6 is 11.3 Å². The lowest BCUT2D eigenvalue weighted by atomic mass is 10.0. The highest BCUT2D eigenvalue weighted by Crippen LogP contribution is 2.39. The zero-order valence-corrected chi connectivity index (χ0v) is 19.5. The molecule has 0 radical (unpaired) electrons. The third-order valence-corrected chi connectivity index (χ3v) is 6.97. The number of amides is 1. The minimum Gasteiger partial charge on any atom is -0.457 e. The van der Waals surface area contributed by atoms with Crippen LogP contribution in [0.5, 0.6) is 11.5 Å². The molecule has 3 heterocycles. The second-order valence-corrected chi connectivity index (χ2v) is 9.21. The number of pyridine rings is 1. The van der Waals surface area contributed by atoms with E-state index in [2.05, 4.69) is 21.0 Å². The van der Waals surface area contributed by atoms with Gasteiger partial charge in [-0.15, -0.1) is 11.3 Å². The monoisotopic (exact) mass is 470 g/mol. The summed E-state index contributed by atoms with van der Waals surface area (Å²) in [5.74, 6) is 2.45. The summed E-state index contributed by atoms with van der Waals surface area (Å²) in [6.45, 7) is 2.68. The number of nitrogens with two attached hydrogens (primary N) is 1. The van der Waals surface area contributed by atoms with Gasteiger partial charge in [0.15, 0.2) is 0 Å². The Bertz CT molecular complexity index is 1310. The van der Waals surface area contributed by atoms with Gasteiger partial charge in [-0.2, -0.15) is 0 Å². The van der Waals surface area contributed by atoms with Crippen molar-refractivity contribution in [1.29, 1.82) is 0 Å². The lowest BCUT2D eigenvalue weighted by molar-refractivity contribution is -0.116. The van der Waals surface area contributed by atoms with E-state index in [9.17, 15) is 4.79 Å². The van der Waals surface area contributed by atoms with Crippen molar-refractivity contribution in [2.75, 3.05) is 25.4 Å². The fourth-order valence-corrected chi connectivity index (χ4v) is 5.18. The predicted molar refractivity (Wildman–Crippen MR) is 139 cm³/mol. The Hall–Kier alpha value is -3.68. The number of anilines is 1. The normalized spacial score (nSPS) is 15.7. The summed E-state index contributed by atoms with van der Waals surface area (Å²) in [5, 5.41) is 9.29. The van der Waals surface area contributed by atoms with E-state index in [1.165, 1.54) is 0 Å². The van der Waals surface area contributed by atoms with Gasteiger partial charge in [-0.3, -0.25) is 4.79 Å². The quantitative estimate of drug-likeness (QED) is 0.328. The van der Waals surface area contributed by atoms with Crippen LogP contribution in [0.3, 0.4) is 0 Å². The maximum atomic E-state index is 12.3. The fraction of sp³-hybridized carbons (Fsp3) is 0.185. The van der Waals surface area contributed by atoms with Crippen molar-refractivity contribution in [2.24, 2.45) is 5.92 Å². The minimum absolute atomic E-state index is 0.0948. The van der Waals surface area contributed by atoms with Crippen LogP contribution in [0, 0.1) is 5.92 Å². The zero-order valence-electron chi connectivity index (χ0n) is 18.7. The third-order valence-electron chi connectivity index (χ3n) is 5.94. The molecule has 1 unspecified atom stereocenters. The number of para-hydroxylation sites is 1. The number of nitrogens with one attached hydrogen (secondary N) is 2. The van der Waals surface area contributed by atoms with Crippen molar-refractivity contribution < 1.29 is 9.53 Å². The summed E-state index contributed by atoms with van der Waals surface area (Å²) in [4.78, 5) is 16.7. The van der Waals surface area contributed by atoms with Crippen LogP contribution in [0.25, 0.3) is 27.3 Å². The van der Waals surface area contributed by atoms with E-state index in [1.807, 2.05) is 60.7 Å². The van der Waals surface area contributed by atoms with Crippen LogP contribution in [-0.2, 0) is 4.79 Å². The summed E-state index contributed by atoms with van der Waals surface area (Å²) in [5.41, 5.74) is 9.20. The lowest BCUT2D eigenvalue weighted by Crippen LogP contribution is -2.28. The number of nitrogens with zero attached hydrogens (tertiary/aromatic N) is 1. The average molecular weight is 471 g/mol. The molecule has 172 valence electrons. The second-order valence-electron chi connectivity index (χ2n) is 8.33. The van der Waals surface area contributed by atoms with Crippen molar-refractivity contribution in [1.82, 2.24) is 15.6 Å². The minimum atomic E-state index is -0.0948. The number of carbonyl (C=O) groups is 1. The molecule has 7 heteroatoms. The largest absolute Gasteiger partial charge is 0.457 e. The Kier molecular flexibility index (Phi) is 6.56. The van der Waals surface area contributed by atoms with Crippen LogP contribution < -0.4 is 21.1 Å². The number of rotatable bonds is 7. The standard InChI is InChI=1S/C27H26N4O2S/c28-27-25-23(19-6-9-22(10-7-19)33-21-4-2-1-3-5-21)17-34-26(25)20(16-31-27)8-11-24(32)30-15-18-12-13-29-14-18/h1-11,16-18,29H,12-15H2,(H2,28,31)(H,30,32)/b11-8+. The van der Waals surface area contributed by atoms with Gasteiger partial charge in [0.2, 0.25) is 5.91 Å². The first-order valence-corrected chi connectivity index (χ1v) is 12.2. The van der Waals surface area contributed by atoms with Crippen molar-refractivity contribution >= 4 is 39.2 Å². The summed E-state index contributed by atoms with van der Waals surface area (Å²) in [7, 11) is 0. The number of hydrogen-bond donors (Lipinski definition) is 3. The van der Waals surface area contributed by atoms with Crippen LogP contribution in [0.15, 0.2) is 72.3 Å². The van der Waals surface area contributed by atoms with Gasteiger partial charge in [-0.05, 0) is 66.7 Å². The summed E-state index contributed by atoms with van der Waals surface area (Å²) in [6.07, 6.45) is 6.21. The van der Waals surface area contributed by atoms with Crippen LogP contribution in [0.2, 0.25) is 0 Å². The smallest absolute Gasteiger partial charge is 0.244 e. The molecule has 4 aromatic rings. The SMILES string of the molecule is Nc1ncc(/C=C/C(=O)NCC2CCNC2)c2scc(-c3ccc(Oc4ccccc4)cc3)c12.